The molecule has 0 fully saturated rings. The van der Waals surface area contributed by atoms with E-state index in [0.29, 0.717) is 5.76 Å². The molecule has 2 rings (SSSR count). The van der Waals surface area contributed by atoms with Crippen LogP contribution in [0.25, 0.3) is 0 Å². The quantitative estimate of drug-likeness (QED) is 0.698. The lowest BCUT2D eigenvalue weighted by Crippen LogP contribution is -2.23. The van der Waals surface area contributed by atoms with Gasteiger partial charge in [0, 0.05) is 6.07 Å². The van der Waals surface area contributed by atoms with Gasteiger partial charge in [0.05, 0.1) is 12.7 Å². The number of carbonyl (C=O) groups excluding carboxylic acids is 1. The van der Waals surface area contributed by atoms with E-state index in [-0.39, 0.29) is 18.3 Å². The van der Waals surface area contributed by atoms with Gasteiger partial charge in [0.1, 0.15) is 6.33 Å². The van der Waals surface area contributed by atoms with E-state index in [9.17, 15) is 4.79 Å². The fourth-order valence-electron chi connectivity index (χ4n) is 0.899. The number of hydrogen-bond donors (Lipinski definition) is 2. The third-order valence-electron chi connectivity index (χ3n) is 1.54. The van der Waals surface area contributed by atoms with Gasteiger partial charge < -0.3 is 9.84 Å². The second kappa shape index (κ2) is 3.69. The van der Waals surface area contributed by atoms with E-state index < -0.39 is 0 Å². The van der Waals surface area contributed by atoms with Crippen molar-refractivity contribution in [1.82, 2.24) is 25.7 Å². The first kappa shape index (κ1) is 8.42. The molecule has 0 aliphatic heterocycles. The number of aromatic nitrogens is 4. The molecule has 1 amide bonds. The maximum absolute atomic E-state index is 11.3. The molecule has 0 bridgehead atoms. The predicted octanol–water partition coefficient (Wildman–Crippen LogP) is -0.277. The number of aromatic amines is 1. The van der Waals surface area contributed by atoms with E-state index in [4.69, 9.17) is 4.52 Å². The molecule has 2 heterocycles. The van der Waals surface area contributed by atoms with Gasteiger partial charge in [-0.05, 0) is 0 Å². The molecule has 0 spiro atoms. The lowest BCUT2D eigenvalue weighted by atomic mass is 10.4. The van der Waals surface area contributed by atoms with Gasteiger partial charge in [0.15, 0.2) is 5.76 Å². The highest BCUT2D eigenvalue weighted by molar-refractivity contribution is 5.90. The Labute approximate surface area is 78.5 Å². The summed E-state index contributed by atoms with van der Waals surface area (Å²) in [4.78, 5) is 15.0. The lowest BCUT2D eigenvalue weighted by molar-refractivity contribution is 0.0937. The van der Waals surface area contributed by atoms with Gasteiger partial charge in [0.25, 0.3) is 5.91 Å². The smallest absolute Gasteiger partial charge is 0.288 e. The average Bonchev–Trinajstić information content (AvgIpc) is 2.87. The standard InChI is InChI=1S/C7H7N5O2/c13-7(6-9-4-10-12-6)8-3-5-1-2-11-14-5/h1-2,4H,3H2,(H,8,13)(H,9,10,12). The largest absolute Gasteiger partial charge is 0.360 e. The summed E-state index contributed by atoms with van der Waals surface area (Å²) >= 11 is 0. The Kier molecular flexibility index (Phi) is 2.22. The average molecular weight is 193 g/mol. The minimum atomic E-state index is -0.334. The van der Waals surface area contributed by atoms with E-state index in [2.05, 4.69) is 25.7 Å². The number of rotatable bonds is 3. The second-order valence-corrected chi connectivity index (χ2v) is 2.50. The highest BCUT2D eigenvalue weighted by atomic mass is 16.5. The number of hydrogen-bond acceptors (Lipinski definition) is 5. The molecule has 0 atom stereocenters. The van der Waals surface area contributed by atoms with E-state index in [1.54, 1.807) is 6.07 Å². The minimum absolute atomic E-state index is 0.171. The number of nitrogens with zero attached hydrogens (tertiary/aromatic N) is 3. The first-order chi connectivity index (χ1) is 6.86. The molecule has 2 aromatic heterocycles. The molecule has 7 nitrogen and oxygen atoms in total. The van der Waals surface area contributed by atoms with E-state index in [1.807, 2.05) is 0 Å². The third kappa shape index (κ3) is 1.76. The van der Waals surface area contributed by atoms with Crippen LogP contribution in [0.2, 0.25) is 0 Å². The van der Waals surface area contributed by atoms with Crippen molar-refractivity contribution in [2.45, 2.75) is 6.54 Å². The van der Waals surface area contributed by atoms with Gasteiger partial charge >= 0.3 is 0 Å². The highest BCUT2D eigenvalue weighted by Gasteiger charge is 2.08. The van der Waals surface area contributed by atoms with Crippen molar-refractivity contribution in [3.8, 4) is 0 Å². The normalized spacial score (nSPS) is 10.0. The van der Waals surface area contributed by atoms with Gasteiger partial charge in [-0.2, -0.15) is 5.10 Å². The number of carbonyl (C=O) groups is 1. The lowest BCUT2D eigenvalue weighted by Gasteiger charge is -1.97. The fourth-order valence-corrected chi connectivity index (χ4v) is 0.899. The summed E-state index contributed by atoms with van der Waals surface area (Å²) < 4.78 is 4.79. The monoisotopic (exact) mass is 193 g/mol. The fraction of sp³-hybridized carbons (Fsp3) is 0.143. The highest BCUT2D eigenvalue weighted by Crippen LogP contribution is 1.95. The summed E-state index contributed by atoms with van der Waals surface area (Å²) in [6.45, 7) is 0.277. The molecule has 0 saturated carbocycles. The second-order valence-electron chi connectivity index (χ2n) is 2.50. The molecule has 0 aliphatic rings. The zero-order valence-electron chi connectivity index (χ0n) is 7.10. The summed E-state index contributed by atoms with van der Waals surface area (Å²) in [5, 5.41) is 12.1. The molecule has 0 saturated heterocycles. The van der Waals surface area contributed by atoms with Crippen LogP contribution in [-0.2, 0) is 6.54 Å². The third-order valence-corrected chi connectivity index (χ3v) is 1.54. The van der Waals surface area contributed by atoms with Crippen molar-refractivity contribution in [2.24, 2.45) is 0 Å². The Morgan fingerprint density at radius 2 is 2.57 bits per heavy atom. The van der Waals surface area contributed by atoms with Crippen molar-refractivity contribution >= 4 is 5.91 Å². The molecular weight excluding hydrogens is 186 g/mol. The van der Waals surface area contributed by atoms with Crippen LogP contribution >= 0.6 is 0 Å². The minimum Gasteiger partial charge on any atom is -0.360 e. The summed E-state index contributed by atoms with van der Waals surface area (Å²) in [5.74, 6) is 0.418. The maximum atomic E-state index is 11.3. The van der Waals surface area contributed by atoms with Crippen molar-refractivity contribution in [3.63, 3.8) is 0 Å². The molecule has 2 N–H and O–H groups in total. The molecule has 72 valence electrons. The number of H-pyrrole nitrogens is 1. The molecule has 0 radical (unpaired) electrons. The molecule has 7 heteroatoms. The first-order valence-corrected chi connectivity index (χ1v) is 3.89. The summed E-state index contributed by atoms with van der Waals surface area (Å²) in [7, 11) is 0. The summed E-state index contributed by atoms with van der Waals surface area (Å²) in [6.07, 6.45) is 2.78. The van der Waals surface area contributed by atoms with Crippen molar-refractivity contribution in [2.75, 3.05) is 0 Å². The molecule has 0 unspecified atom stereocenters. The zero-order chi connectivity index (χ0) is 9.80. The Hall–Kier alpha value is -2.18. The van der Waals surface area contributed by atoms with Crippen LogP contribution in [0.3, 0.4) is 0 Å². The van der Waals surface area contributed by atoms with Crippen LogP contribution in [0, 0.1) is 0 Å². The molecular formula is C7H7N5O2. The predicted molar refractivity (Wildman–Crippen MR) is 44.1 cm³/mol. The van der Waals surface area contributed by atoms with Crippen molar-refractivity contribution < 1.29 is 9.32 Å². The molecule has 14 heavy (non-hydrogen) atoms. The summed E-state index contributed by atoms with van der Waals surface area (Å²) in [5.41, 5.74) is 0. The Morgan fingerprint density at radius 1 is 1.64 bits per heavy atom. The van der Waals surface area contributed by atoms with E-state index in [0.717, 1.165) is 0 Å². The SMILES string of the molecule is O=C(NCc1ccno1)c1ncn[nH]1. The van der Waals surface area contributed by atoms with E-state index in [1.165, 1.54) is 12.5 Å². The van der Waals surface area contributed by atoms with Crippen LogP contribution < -0.4 is 5.32 Å². The van der Waals surface area contributed by atoms with Crippen molar-refractivity contribution in [1.29, 1.82) is 0 Å². The van der Waals surface area contributed by atoms with Crippen LogP contribution in [-0.4, -0.2) is 26.2 Å². The van der Waals surface area contributed by atoms with Gasteiger partial charge in [-0.25, -0.2) is 4.98 Å². The number of nitrogens with one attached hydrogen (secondary N) is 2. The molecule has 0 aromatic carbocycles. The topological polar surface area (TPSA) is 96.7 Å². The van der Waals surface area contributed by atoms with Crippen LogP contribution in [0.15, 0.2) is 23.1 Å². The number of amides is 1. The van der Waals surface area contributed by atoms with Crippen molar-refractivity contribution in [3.05, 3.63) is 30.2 Å². The van der Waals surface area contributed by atoms with Crippen LogP contribution in [0.5, 0.6) is 0 Å². The van der Waals surface area contributed by atoms with Gasteiger partial charge in [-0.15, -0.1) is 0 Å². The Morgan fingerprint density at radius 3 is 3.21 bits per heavy atom. The zero-order valence-corrected chi connectivity index (χ0v) is 7.10. The van der Waals surface area contributed by atoms with Gasteiger partial charge in [-0.3, -0.25) is 9.89 Å². The van der Waals surface area contributed by atoms with Crippen LogP contribution in [0.4, 0.5) is 0 Å². The maximum Gasteiger partial charge on any atom is 0.288 e. The van der Waals surface area contributed by atoms with Crippen LogP contribution in [0.1, 0.15) is 16.4 Å². The summed E-state index contributed by atoms with van der Waals surface area (Å²) in [6, 6.07) is 1.67. The molecule has 2 aromatic rings. The Balaban J connectivity index is 1.90. The first-order valence-electron chi connectivity index (χ1n) is 3.89. The Bertz CT molecular complexity index is 394. The van der Waals surface area contributed by atoms with Gasteiger partial charge in [-0.1, -0.05) is 5.16 Å². The van der Waals surface area contributed by atoms with Gasteiger partial charge in [0.2, 0.25) is 5.82 Å². The van der Waals surface area contributed by atoms with E-state index >= 15 is 0 Å². The molecule has 0 aliphatic carbocycles.